The van der Waals surface area contributed by atoms with Gasteiger partial charge >= 0.3 is 5.97 Å². The van der Waals surface area contributed by atoms with Gasteiger partial charge in [-0.05, 0) is 45.0 Å². The summed E-state index contributed by atoms with van der Waals surface area (Å²) in [7, 11) is 0. The van der Waals surface area contributed by atoms with Gasteiger partial charge in [-0.3, -0.25) is 0 Å². The highest BCUT2D eigenvalue weighted by molar-refractivity contribution is 5.88. The van der Waals surface area contributed by atoms with E-state index in [9.17, 15) is 9.90 Å². The summed E-state index contributed by atoms with van der Waals surface area (Å²) < 4.78 is 18.5. The summed E-state index contributed by atoms with van der Waals surface area (Å²) in [6, 6.07) is 11.0. The molecule has 1 aromatic carbocycles. The third kappa shape index (κ3) is 3.56. The Morgan fingerprint density at radius 1 is 1.36 bits per heavy atom. The van der Waals surface area contributed by atoms with Crippen molar-refractivity contribution in [3.63, 3.8) is 0 Å². The van der Waals surface area contributed by atoms with Crippen LogP contribution in [0.15, 0.2) is 36.4 Å². The fraction of sp³-hybridized carbons (Fsp3) is 0.350. The smallest absolute Gasteiger partial charge is 0.356 e. The number of imidazole rings is 1. The number of carbonyl (C=O) groups is 1. The Morgan fingerprint density at radius 3 is 2.89 bits per heavy atom. The summed E-state index contributed by atoms with van der Waals surface area (Å²) in [4.78, 5) is 15.8. The van der Waals surface area contributed by atoms with E-state index in [-0.39, 0.29) is 11.8 Å². The molecule has 0 amide bonds. The molecule has 1 atom stereocenters. The third-order valence-electron chi connectivity index (χ3n) is 4.49. The molecule has 8 heteroatoms. The van der Waals surface area contributed by atoms with E-state index in [1.807, 2.05) is 44.2 Å². The third-order valence-corrected chi connectivity index (χ3v) is 4.49. The lowest BCUT2D eigenvalue weighted by Gasteiger charge is -2.17. The molecular weight excluding hydrogens is 362 g/mol. The molecular formula is C20H21N3O5. The van der Waals surface area contributed by atoms with Gasteiger partial charge in [0, 0.05) is 5.56 Å². The van der Waals surface area contributed by atoms with Crippen LogP contribution in [0.2, 0.25) is 0 Å². The van der Waals surface area contributed by atoms with Crippen molar-refractivity contribution in [3.05, 3.63) is 47.8 Å². The number of hydrogen-bond donors (Lipinski definition) is 1. The molecule has 1 fully saturated rings. The lowest BCUT2D eigenvalue weighted by molar-refractivity contribution is -0.141. The average Bonchev–Trinajstić information content (AvgIpc) is 3.17. The van der Waals surface area contributed by atoms with Crippen LogP contribution in [0.1, 0.15) is 30.0 Å². The number of hydrogen-bond acceptors (Lipinski definition) is 6. The number of nitrogens with zero attached hydrogens (tertiary/aromatic N) is 3. The van der Waals surface area contributed by atoms with Gasteiger partial charge in [-0.25, -0.2) is 14.3 Å². The van der Waals surface area contributed by atoms with E-state index in [1.165, 1.54) is 4.52 Å². The van der Waals surface area contributed by atoms with E-state index in [0.29, 0.717) is 36.0 Å². The molecule has 0 aliphatic carbocycles. The van der Waals surface area contributed by atoms with E-state index < -0.39 is 11.8 Å². The molecule has 1 saturated heterocycles. The molecule has 146 valence electrons. The molecule has 28 heavy (non-hydrogen) atoms. The van der Waals surface area contributed by atoms with E-state index in [2.05, 4.69) is 10.1 Å². The summed E-state index contributed by atoms with van der Waals surface area (Å²) in [6.07, 6.45) is -0.125. The largest absolute Gasteiger partial charge is 0.491 e. The highest BCUT2D eigenvalue weighted by atomic mass is 16.7. The Balaban J connectivity index is 1.57. The van der Waals surface area contributed by atoms with Gasteiger partial charge in [0.05, 0.1) is 18.0 Å². The van der Waals surface area contributed by atoms with Crippen LogP contribution in [0, 0.1) is 6.92 Å². The monoisotopic (exact) mass is 383 g/mol. The van der Waals surface area contributed by atoms with Crippen molar-refractivity contribution in [3.8, 4) is 17.0 Å². The Bertz CT molecular complexity index is 1040. The number of benzene rings is 1. The van der Waals surface area contributed by atoms with Gasteiger partial charge in [0.25, 0.3) is 0 Å². The second-order valence-electron chi connectivity index (χ2n) is 7.13. The van der Waals surface area contributed by atoms with Crippen LogP contribution in [0.25, 0.3) is 16.9 Å². The van der Waals surface area contributed by atoms with Crippen LogP contribution in [-0.2, 0) is 9.47 Å². The Kier molecular flexibility index (Phi) is 4.52. The van der Waals surface area contributed by atoms with Crippen molar-refractivity contribution >= 4 is 11.6 Å². The van der Waals surface area contributed by atoms with E-state index >= 15 is 0 Å². The predicted octanol–water partition coefficient (Wildman–Crippen LogP) is 2.93. The predicted molar refractivity (Wildman–Crippen MR) is 101 cm³/mol. The maximum atomic E-state index is 11.5. The quantitative estimate of drug-likeness (QED) is 0.724. The van der Waals surface area contributed by atoms with Crippen LogP contribution in [0.5, 0.6) is 5.75 Å². The first-order valence-corrected chi connectivity index (χ1v) is 8.97. The fourth-order valence-corrected chi connectivity index (χ4v) is 3.22. The lowest BCUT2D eigenvalue weighted by Crippen LogP contribution is -2.25. The second-order valence-corrected chi connectivity index (χ2v) is 7.13. The van der Waals surface area contributed by atoms with Crippen molar-refractivity contribution in [2.45, 2.75) is 32.7 Å². The SMILES string of the molecule is Cc1nc2ccc(-c3cccc(OCC4COC(C)(C)O4)c3)nn2c1C(=O)O. The topological polar surface area (TPSA) is 95.2 Å². The van der Waals surface area contributed by atoms with E-state index in [0.717, 1.165) is 5.56 Å². The Labute approximate surface area is 161 Å². The molecule has 0 spiro atoms. The van der Waals surface area contributed by atoms with Crippen LogP contribution in [0.4, 0.5) is 0 Å². The van der Waals surface area contributed by atoms with Gasteiger partial charge in [0.1, 0.15) is 18.5 Å². The lowest BCUT2D eigenvalue weighted by atomic mass is 10.1. The number of aromatic carboxylic acids is 1. The minimum absolute atomic E-state index is 0.0604. The molecule has 2 aromatic heterocycles. The maximum absolute atomic E-state index is 11.5. The van der Waals surface area contributed by atoms with Gasteiger partial charge in [0.15, 0.2) is 17.1 Å². The van der Waals surface area contributed by atoms with Crippen molar-refractivity contribution in [2.24, 2.45) is 0 Å². The summed E-state index contributed by atoms with van der Waals surface area (Å²) in [5.74, 6) is -0.971. The highest BCUT2D eigenvalue weighted by Crippen LogP contribution is 2.26. The normalized spacial score (nSPS) is 18.5. The van der Waals surface area contributed by atoms with E-state index in [4.69, 9.17) is 14.2 Å². The van der Waals surface area contributed by atoms with Crippen molar-refractivity contribution in [1.29, 1.82) is 0 Å². The number of aryl methyl sites for hydroxylation is 1. The van der Waals surface area contributed by atoms with Gasteiger partial charge in [-0.1, -0.05) is 12.1 Å². The van der Waals surface area contributed by atoms with Crippen LogP contribution < -0.4 is 4.74 Å². The first-order chi connectivity index (χ1) is 13.3. The summed E-state index contributed by atoms with van der Waals surface area (Å²) in [5, 5.41) is 13.9. The summed E-state index contributed by atoms with van der Waals surface area (Å²) in [5.41, 5.74) is 2.42. The van der Waals surface area contributed by atoms with Gasteiger partial charge in [-0.15, -0.1) is 0 Å². The first-order valence-electron chi connectivity index (χ1n) is 8.97. The number of rotatable bonds is 5. The number of aromatic nitrogens is 3. The van der Waals surface area contributed by atoms with Gasteiger partial charge < -0.3 is 19.3 Å². The zero-order valence-corrected chi connectivity index (χ0v) is 15.9. The zero-order chi connectivity index (χ0) is 19.9. The Hall–Kier alpha value is -2.97. The number of ether oxygens (including phenoxy) is 3. The van der Waals surface area contributed by atoms with Crippen LogP contribution >= 0.6 is 0 Å². The molecule has 4 rings (SSSR count). The van der Waals surface area contributed by atoms with Gasteiger partial charge in [-0.2, -0.15) is 5.10 Å². The van der Waals surface area contributed by atoms with Crippen LogP contribution in [0.3, 0.4) is 0 Å². The van der Waals surface area contributed by atoms with Gasteiger partial charge in [0.2, 0.25) is 0 Å². The standard InChI is InChI=1S/C20H21N3O5/c1-12-18(19(24)25)23-17(21-12)8-7-16(22-23)13-5-4-6-14(9-13)26-10-15-11-27-20(2,3)28-15/h4-9,15H,10-11H2,1-3H3,(H,24,25). The minimum atomic E-state index is -1.06. The van der Waals surface area contributed by atoms with Crippen molar-refractivity contribution in [2.75, 3.05) is 13.2 Å². The van der Waals surface area contributed by atoms with Crippen molar-refractivity contribution < 1.29 is 24.1 Å². The Morgan fingerprint density at radius 2 is 2.18 bits per heavy atom. The molecule has 1 aliphatic heterocycles. The number of fused-ring (bicyclic) bond motifs is 1. The van der Waals surface area contributed by atoms with E-state index in [1.54, 1.807) is 13.0 Å². The average molecular weight is 383 g/mol. The fourth-order valence-electron chi connectivity index (χ4n) is 3.22. The molecule has 3 aromatic rings. The minimum Gasteiger partial charge on any atom is -0.491 e. The highest BCUT2D eigenvalue weighted by Gasteiger charge is 2.33. The van der Waals surface area contributed by atoms with Crippen molar-refractivity contribution in [1.82, 2.24) is 14.6 Å². The second kappa shape index (κ2) is 6.88. The van der Waals surface area contributed by atoms with Crippen LogP contribution in [-0.4, -0.2) is 50.8 Å². The molecule has 3 heterocycles. The summed E-state index contributed by atoms with van der Waals surface area (Å²) >= 11 is 0. The maximum Gasteiger partial charge on any atom is 0.356 e. The molecule has 1 unspecified atom stereocenters. The first kappa shape index (κ1) is 18.4. The number of carboxylic acids is 1. The molecule has 0 radical (unpaired) electrons. The number of carboxylic acid groups (broad SMARTS) is 1. The molecule has 0 bridgehead atoms. The summed E-state index contributed by atoms with van der Waals surface area (Å²) in [6.45, 7) is 6.27. The zero-order valence-electron chi connectivity index (χ0n) is 15.9. The molecule has 1 aliphatic rings. The molecule has 8 nitrogen and oxygen atoms in total. The molecule has 0 saturated carbocycles. The molecule has 1 N–H and O–H groups in total.